The second kappa shape index (κ2) is 7.49. The van der Waals surface area contributed by atoms with Crippen molar-refractivity contribution in [1.82, 2.24) is 19.4 Å². The molecule has 1 unspecified atom stereocenters. The molecular formula is C17H20N4O5S. The molecule has 1 aromatic heterocycles. The smallest absolute Gasteiger partial charge is 0.356 e. The number of carbonyl (C=O) groups is 2. The minimum atomic E-state index is -3.38. The number of piperidine rings is 1. The fourth-order valence-corrected chi connectivity index (χ4v) is 3.92. The number of benzene rings is 1. The number of carbonyl (C=O) groups excluding carboxylic acids is 1. The Morgan fingerprint density at radius 2 is 1.96 bits per heavy atom. The number of amides is 1. The van der Waals surface area contributed by atoms with Crippen LogP contribution in [0.3, 0.4) is 0 Å². The van der Waals surface area contributed by atoms with Gasteiger partial charge in [0.15, 0.2) is 5.69 Å². The van der Waals surface area contributed by atoms with Gasteiger partial charge < -0.3 is 10.0 Å². The molecule has 1 amide bonds. The van der Waals surface area contributed by atoms with Crippen LogP contribution in [0.1, 0.15) is 33.8 Å². The van der Waals surface area contributed by atoms with Crippen LogP contribution < -0.4 is 4.72 Å². The first kappa shape index (κ1) is 19.1. The average Bonchev–Trinajstić information content (AvgIpc) is 3.06. The normalized spacial score (nSPS) is 17.7. The van der Waals surface area contributed by atoms with Crippen molar-refractivity contribution in [3.63, 3.8) is 0 Å². The minimum Gasteiger partial charge on any atom is -0.476 e. The van der Waals surface area contributed by atoms with E-state index in [0.717, 1.165) is 6.26 Å². The first-order valence-corrected chi connectivity index (χ1v) is 10.3. The number of nitrogens with one attached hydrogen (secondary N) is 1. The van der Waals surface area contributed by atoms with Crippen LogP contribution in [0, 0.1) is 0 Å². The van der Waals surface area contributed by atoms with E-state index >= 15 is 0 Å². The van der Waals surface area contributed by atoms with Gasteiger partial charge in [0.25, 0.3) is 5.91 Å². The highest BCUT2D eigenvalue weighted by molar-refractivity contribution is 7.88. The van der Waals surface area contributed by atoms with E-state index in [0.29, 0.717) is 25.1 Å². The molecule has 144 valence electrons. The number of para-hydroxylation sites is 1. The Kier molecular flexibility index (Phi) is 5.29. The summed E-state index contributed by atoms with van der Waals surface area (Å²) in [5.74, 6) is -1.62. The van der Waals surface area contributed by atoms with Gasteiger partial charge in [0.05, 0.1) is 11.9 Å². The van der Waals surface area contributed by atoms with Crippen molar-refractivity contribution in [1.29, 1.82) is 0 Å². The van der Waals surface area contributed by atoms with Gasteiger partial charge in [0, 0.05) is 25.2 Å². The standard InChI is InChI=1S/C17H20N4O5S/c1-27(25,26)19-12-6-5-9-20(11-12)16(22)15-10-14(17(23)24)18-21(15)13-7-3-2-4-8-13/h2-4,7-8,10,12,19H,5-6,9,11H2,1H3,(H,23,24). The van der Waals surface area contributed by atoms with Gasteiger partial charge in [-0.25, -0.2) is 22.6 Å². The highest BCUT2D eigenvalue weighted by atomic mass is 32.2. The number of aromatic nitrogens is 2. The molecule has 0 radical (unpaired) electrons. The summed E-state index contributed by atoms with van der Waals surface area (Å²) in [6.45, 7) is 0.678. The first-order valence-electron chi connectivity index (χ1n) is 8.40. The molecule has 0 saturated carbocycles. The number of hydrogen-bond donors (Lipinski definition) is 2. The molecule has 1 aliphatic rings. The third-order valence-corrected chi connectivity index (χ3v) is 5.00. The van der Waals surface area contributed by atoms with E-state index in [-0.39, 0.29) is 29.9 Å². The lowest BCUT2D eigenvalue weighted by molar-refractivity contribution is 0.0685. The number of rotatable bonds is 5. The van der Waals surface area contributed by atoms with E-state index in [2.05, 4.69) is 9.82 Å². The van der Waals surface area contributed by atoms with Gasteiger partial charge in [-0.1, -0.05) is 18.2 Å². The topological polar surface area (TPSA) is 122 Å². The largest absolute Gasteiger partial charge is 0.476 e. The number of carboxylic acid groups (broad SMARTS) is 1. The van der Waals surface area contributed by atoms with Crippen LogP contribution in [0.5, 0.6) is 0 Å². The van der Waals surface area contributed by atoms with E-state index in [1.54, 1.807) is 30.3 Å². The van der Waals surface area contributed by atoms with Crippen LogP contribution in [-0.2, 0) is 10.0 Å². The Morgan fingerprint density at radius 3 is 2.59 bits per heavy atom. The third-order valence-electron chi connectivity index (χ3n) is 4.24. The lowest BCUT2D eigenvalue weighted by Crippen LogP contribution is -2.49. The molecule has 27 heavy (non-hydrogen) atoms. The Hall–Kier alpha value is -2.72. The monoisotopic (exact) mass is 392 g/mol. The zero-order valence-corrected chi connectivity index (χ0v) is 15.5. The van der Waals surface area contributed by atoms with Crippen molar-refractivity contribution < 1.29 is 23.1 Å². The van der Waals surface area contributed by atoms with E-state index in [1.165, 1.54) is 15.6 Å². The summed E-state index contributed by atoms with van der Waals surface area (Å²) in [6.07, 6.45) is 2.36. The summed E-state index contributed by atoms with van der Waals surface area (Å²) < 4.78 is 26.8. The van der Waals surface area contributed by atoms with Crippen LogP contribution in [0.4, 0.5) is 0 Å². The van der Waals surface area contributed by atoms with Gasteiger partial charge in [0.2, 0.25) is 10.0 Å². The second-order valence-electron chi connectivity index (χ2n) is 6.45. The third kappa shape index (κ3) is 4.52. The number of aromatic carboxylic acids is 1. The number of sulfonamides is 1. The number of hydrogen-bond acceptors (Lipinski definition) is 5. The number of likely N-dealkylation sites (tertiary alicyclic amines) is 1. The summed E-state index contributed by atoms with van der Waals surface area (Å²) in [6, 6.07) is 9.64. The molecule has 1 aliphatic heterocycles. The number of nitrogens with zero attached hydrogens (tertiary/aromatic N) is 3. The molecule has 1 saturated heterocycles. The van der Waals surface area contributed by atoms with E-state index < -0.39 is 16.0 Å². The Balaban J connectivity index is 1.91. The lowest BCUT2D eigenvalue weighted by Gasteiger charge is -2.32. The van der Waals surface area contributed by atoms with Gasteiger partial charge in [-0.3, -0.25) is 4.79 Å². The summed E-state index contributed by atoms with van der Waals surface area (Å²) in [5.41, 5.74) is 0.458. The van der Waals surface area contributed by atoms with Crippen molar-refractivity contribution in [2.75, 3.05) is 19.3 Å². The molecule has 1 fully saturated rings. The maximum atomic E-state index is 13.0. The minimum absolute atomic E-state index is 0.124. The molecule has 3 rings (SSSR count). The molecule has 2 aromatic rings. The highest BCUT2D eigenvalue weighted by Gasteiger charge is 2.29. The fraction of sp³-hybridized carbons (Fsp3) is 0.353. The first-order chi connectivity index (χ1) is 12.7. The predicted octanol–water partition coefficient (Wildman–Crippen LogP) is 0.724. The van der Waals surface area contributed by atoms with E-state index in [9.17, 15) is 23.1 Å². The zero-order chi connectivity index (χ0) is 19.6. The highest BCUT2D eigenvalue weighted by Crippen LogP contribution is 2.18. The summed E-state index contributed by atoms with van der Waals surface area (Å²) in [5, 5.41) is 13.3. The maximum absolute atomic E-state index is 13.0. The van der Waals surface area contributed by atoms with Crippen LogP contribution in [0.15, 0.2) is 36.4 Å². The summed E-state index contributed by atoms with van der Waals surface area (Å²) in [4.78, 5) is 25.9. The van der Waals surface area contributed by atoms with Crippen LogP contribution in [-0.4, -0.2) is 65.5 Å². The zero-order valence-electron chi connectivity index (χ0n) is 14.7. The van der Waals surface area contributed by atoms with E-state index in [1.807, 2.05) is 0 Å². The molecule has 0 bridgehead atoms. The van der Waals surface area contributed by atoms with E-state index in [4.69, 9.17) is 0 Å². The van der Waals surface area contributed by atoms with Crippen LogP contribution >= 0.6 is 0 Å². The molecule has 1 aromatic carbocycles. The van der Waals surface area contributed by atoms with Crippen molar-refractivity contribution >= 4 is 21.9 Å². The van der Waals surface area contributed by atoms with Crippen LogP contribution in [0.2, 0.25) is 0 Å². The predicted molar refractivity (Wildman–Crippen MR) is 97.4 cm³/mol. The molecule has 2 heterocycles. The number of carboxylic acids is 1. The molecule has 10 heteroatoms. The van der Waals surface area contributed by atoms with Crippen molar-refractivity contribution in [3.05, 3.63) is 47.8 Å². The Bertz CT molecular complexity index is 955. The summed E-state index contributed by atoms with van der Waals surface area (Å²) >= 11 is 0. The quantitative estimate of drug-likeness (QED) is 0.773. The van der Waals surface area contributed by atoms with Crippen molar-refractivity contribution in [2.45, 2.75) is 18.9 Å². The van der Waals surface area contributed by atoms with Gasteiger partial charge >= 0.3 is 5.97 Å². The molecule has 9 nitrogen and oxygen atoms in total. The van der Waals surface area contributed by atoms with Crippen molar-refractivity contribution in [3.8, 4) is 5.69 Å². The SMILES string of the molecule is CS(=O)(=O)NC1CCCN(C(=O)c2cc(C(=O)O)nn2-c2ccccc2)C1. The average molecular weight is 392 g/mol. The van der Waals surface area contributed by atoms with Crippen molar-refractivity contribution in [2.24, 2.45) is 0 Å². The lowest BCUT2D eigenvalue weighted by atomic mass is 10.1. The Labute approximate surface area is 156 Å². The fourth-order valence-electron chi connectivity index (χ4n) is 3.13. The van der Waals surface area contributed by atoms with Gasteiger partial charge in [-0.05, 0) is 25.0 Å². The maximum Gasteiger partial charge on any atom is 0.356 e. The molecule has 0 spiro atoms. The molecular weight excluding hydrogens is 372 g/mol. The molecule has 0 aliphatic carbocycles. The van der Waals surface area contributed by atoms with Crippen LogP contribution in [0.25, 0.3) is 5.69 Å². The second-order valence-corrected chi connectivity index (χ2v) is 8.23. The summed E-state index contributed by atoms with van der Waals surface area (Å²) in [7, 11) is -3.38. The van der Waals surface area contributed by atoms with Gasteiger partial charge in [0.1, 0.15) is 5.69 Å². The molecule has 1 atom stereocenters. The van der Waals surface area contributed by atoms with Gasteiger partial charge in [-0.15, -0.1) is 0 Å². The Morgan fingerprint density at radius 1 is 1.26 bits per heavy atom. The molecule has 2 N–H and O–H groups in total. The van der Waals surface area contributed by atoms with Gasteiger partial charge in [-0.2, -0.15) is 5.10 Å².